The average molecular weight is 518 g/mol. The van der Waals surface area contributed by atoms with Crippen molar-refractivity contribution in [3.05, 3.63) is 74.0 Å². The van der Waals surface area contributed by atoms with Gasteiger partial charge < -0.3 is 14.5 Å². The van der Waals surface area contributed by atoms with Gasteiger partial charge in [0, 0.05) is 48.6 Å². The monoisotopic (exact) mass is 517 g/mol. The van der Waals surface area contributed by atoms with Gasteiger partial charge in [0.1, 0.15) is 11.4 Å². The van der Waals surface area contributed by atoms with Crippen LogP contribution in [0.5, 0.6) is 5.75 Å². The molecule has 0 saturated carbocycles. The van der Waals surface area contributed by atoms with Crippen molar-refractivity contribution in [2.75, 3.05) is 31.1 Å². The van der Waals surface area contributed by atoms with Crippen LogP contribution in [0, 0.1) is 24.0 Å². The summed E-state index contributed by atoms with van der Waals surface area (Å²) >= 11 is 12.1. The summed E-state index contributed by atoms with van der Waals surface area (Å²) in [7, 11) is 0. The maximum atomic E-state index is 12.9. The highest BCUT2D eigenvalue weighted by Crippen LogP contribution is 2.31. The minimum atomic E-state index is -0.711. The molecular weight excluding hydrogens is 493 g/mol. The summed E-state index contributed by atoms with van der Waals surface area (Å²) in [5.41, 5.74) is 2.83. The van der Waals surface area contributed by atoms with Gasteiger partial charge >= 0.3 is 0 Å². The summed E-state index contributed by atoms with van der Waals surface area (Å²) in [5.74, 6) is 0.265. The van der Waals surface area contributed by atoms with Crippen molar-refractivity contribution in [1.82, 2.24) is 14.7 Å². The highest BCUT2D eigenvalue weighted by molar-refractivity contribution is 6.35. The number of nitro groups is 1. The molecule has 1 fully saturated rings. The number of nitrogens with zero attached hydrogens (tertiary/aromatic N) is 5. The molecule has 1 aromatic heterocycles. The first-order valence-electron chi connectivity index (χ1n) is 11.1. The normalized spacial score (nSPS) is 14.7. The zero-order valence-electron chi connectivity index (χ0n) is 19.6. The summed E-state index contributed by atoms with van der Waals surface area (Å²) in [6, 6.07) is 11.8. The van der Waals surface area contributed by atoms with Crippen molar-refractivity contribution >= 4 is 40.5 Å². The standard InChI is InChI=1S/C24H25Cl2N5O4/c1-15-12-16(2)30(27-15)22-14-19(5-6-21(22)31(33)34)28-8-10-29(11-9-28)24(32)17(3)35-23-7-4-18(25)13-20(23)26/h4-7,12-14,17H,8-11H2,1-3H3. The van der Waals surface area contributed by atoms with Crippen molar-refractivity contribution in [1.29, 1.82) is 0 Å². The number of nitro benzene ring substituents is 1. The number of halogens is 2. The molecule has 0 radical (unpaired) electrons. The molecule has 1 amide bonds. The quantitative estimate of drug-likeness (QED) is 0.343. The molecule has 0 aliphatic carbocycles. The Morgan fingerprint density at radius 2 is 1.80 bits per heavy atom. The fraction of sp³-hybridized carbons (Fsp3) is 0.333. The Morgan fingerprint density at radius 3 is 2.40 bits per heavy atom. The number of aromatic nitrogens is 2. The van der Waals surface area contributed by atoms with Crippen molar-refractivity contribution in [2.24, 2.45) is 0 Å². The van der Waals surface area contributed by atoms with Crippen LogP contribution in [0.4, 0.5) is 11.4 Å². The summed E-state index contributed by atoms with van der Waals surface area (Å²) in [4.78, 5) is 28.0. The van der Waals surface area contributed by atoms with E-state index in [9.17, 15) is 14.9 Å². The predicted octanol–water partition coefficient (Wildman–Crippen LogP) is 4.82. The molecule has 184 valence electrons. The lowest BCUT2D eigenvalue weighted by Gasteiger charge is -2.37. The second-order valence-electron chi connectivity index (χ2n) is 8.42. The van der Waals surface area contributed by atoms with Gasteiger partial charge in [-0.1, -0.05) is 23.2 Å². The van der Waals surface area contributed by atoms with Crippen LogP contribution in [0.15, 0.2) is 42.5 Å². The molecule has 2 heterocycles. The lowest BCUT2D eigenvalue weighted by atomic mass is 10.2. The summed E-state index contributed by atoms with van der Waals surface area (Å²) in [5, 5.41) is 16.9. The first kappa shape index (κ1) is 24.8. The molecule has 11 heteroatoms. The van der Waals surface area contributed by atoms with Gasteiger partial charge in [-0.2, -0.15) is 5.10 Å². The number of hydrogen-bond donors (Lipinski definition) is 0. The SMILES string of the molecule is Cc1cc(C)n(-c2cc(N3CCN(C(=O)C(C)Oc4ccc(Cl)cc4Cl)CC3)ccc2[N+](=O)[O-])n1. The van der Waals surface area contributed by atoms with Crippen molar-refractivity contribution < 1.29 is 14.5 Å². The van der Waals surface area contributed by atoms with Gasteiger partial charge in [-0.3, -0.25) is 14.9 Å². The van der Waals surface area contributed by atoms with Crippen LogP contribution in [-0.2, 0) is 4.79 Å². The van der Waals surface area contributed by atoms with Crippen LogP contribution in [0.25, 0.3) is 5.69 Å². The Labute approximate surface area is 212 Å². The van der Waals surface area contributed by atoms with Crippen LogP contribution < -0.4 is 9.64 Å². The summed E-state index contributed by atoms with van der Waals surface area (Å²) in [6.45, 7) is 7.54. The van der Waals surface area contributed by atoms with Gasteiger partial charge in [0.25, 0.3) is 11.6 Å². The number of piperazine rings is 1. The smallest absolute Gasteiger partial charge is 0.295 e. The summed E-state index contributed by atoms with van der Waals surface area (Å²) in [6.07, 6.45) is -0.711. The maximum absolute atomic E-state index is 12.9. The molecule has 1 atom stereocenters. The number of aryl methyl sites for hydroxylation is 2. The third-order valence-electron chi connectivity index (χ3n) is 5.90. The van der Waals surface area contributed by atoms with E-state index in [1.54, 1.807) is 46.8 Å². The Hall–Kier alpha value is -3.30. The van der Waals surface area contributed by atoms with E-state index >= 15 is 0 Å². The molecule has 3 aromatic rings. The Bertz CT molecular complexity index is 1270. The number of ether oxygens (including phenoxy) is 1. The minimum absolute atomic E-state index is 0.0133. The van der Waals surface area contributed by atoms with E-state index in [2.05, 4.69) is 10.00 Å². The number of hydrogen-bond acceptors (Lipinski definition) is 6. The number of benzene rings is 2. The van der Waals surface area contributed by atoms with E-state index in [0.29, 0.717) is 47.7 Å². The zero-order valence-corrected chi connectivity index (χ0v) is 21.1. The molecular formula is C24H25Cl2N5O4. The van der Waals surface area contributed by atoms with Crippen LogP contribution in [0.2, 0.25) is 10.0 Å². The third-order valence-corrected chi connectivity index (χ3v) is 6.43. The summed E-state index contributed by atoms with van der Waals surface area (Å²) < 4.78 is 7.37. The second-order valence-corrected chi connectivity index (χ2v) is 9.26. The topological polar surface area (TPSA) is 93.7 Å². The number of carbonyl (C=O) groups excluding carboxylic acids is 1. The first-order chi connectivity index (χ1) is 16.6. The van der Waals surface area contributed by atoms with Crippen molar-refractivity contribution in [3.8, 4) is 11.4 Å². The number of amides is 1. The first-order valence-corrected chi connectivity index (χ1v) is 11.9. The molecule has 0 spiro atoms. The largest absolute Gasteiger partial charge is 0.479 e. The Kier molecular flexibility index (Phi) is 7.18. The Balaban J connectivity index is 1.45. The third kappa shape index (κ3) is 5.36. The van der Waals surface area contributed by atoms with E-state index in [4.69, 9.17) is 27.9 Å². The van der Waals surface area contributed by atoms with E-state index in [1.807, 2.05) is 19.9 Å². The fourth-order valence-electron chi connectivity index (χ4n) is 4.16. The molecule has 0 bridgehead atoms. The van der Waals surface area contributed by atoms with E-state index < -0.39 is 11.0 Å². The van der Waals surface area contributed by atoms with E-state index in [0.717, 1.165) is 17.1 Å². The Morgan fingerprint density at radius 1 is 1.09 bits per heavy atom. The molecule has 9 nitrogen and oxygen atoms in total. The van der Waals surface area contributed by atoms with Gasteiger partial charge in [0.15, 0.2) is 6.10 Å². The average Bonchev–Trinajstić information content (AvgIpc) is 3.17. The highest BCUT2D eigenvalue weighted by atomic mass is 35.5. The predicted molar refractivity (Wildman–Crippen MR) is 135 cm³/mol. The van der Waals surface area contributed by atoms with Crippen LogP contribution in [-0.4, -0.2) is 57.8 Å². The van der Waals surface area contributed by atoms with E-state index in [-0.39, 0.29) is 11.6 Å². The van der Waals surface area contributed by atoms with Crippen LogP contribution in [0.1, 0.15) is 18.3 Å². The van der Waals surface area contributed by atoms with Gasteiger partial charge in [0.2, 0.25) is 0 Å². The fourth-order valence-corrected chi connectivity index (χ4v) is 4.61. The second kappa shape index (κ2) is 10.1. The van der Waals surface area contributed by atoms with Crippen LogP contribution >= 0.6 is 23.2 Å². The zero-order chi connectivity index (χ0) is 25.3. The molecule has 2 aromatic carbocycles. The molecule has 0 N–H and O–H groups in total. The van der Waals surface area contributed by atoms with Gasteiger partial charge in [-0.15, -0.1) is 0 Å². The lowest BCUT2D eigenvalue weighted by molar-refractivity contribution is -0.384. The number of anilines is 1. The van der Waals surface area contributed by atoms with Crippen LogP contribution in [0.3, 0.4) is 0 Å². The van der Waals surface area contributed by atoms with Gasteiger partial charge in [-0.25, -0.2) is 4.68 Å². The molecule has 1 aliphatic heterocycles. The van der Waals surface area contributed by atoms with E-state index in [1.165, 1.54) is 6.07 Å². The molecule has 4 rings (SSSR count). The number of carbonyl (C=O) groups is 1. The van der Waals surface area contributed by atoms with Crippen molar-refractivity contribution in [3.63, 3.8) is 0 Å². The molecule has 1 unspecified atom stereocenters. The molecule has 1 aliphatic rings. The lowest BCUT2D eigenvalue weighted by Crippen LogP contribution is -2.52. The molecule has 1 saturated heterocycles. The van der Waals surface area contributed by atoms with Gasteiger partial charge in [-0.05, 0) is 57.2 Å². The van der Waals surface area contributed by atoms with Gasteiger partial charge in [0.05, 0.1) is 15.6 Å². The molecule has 35 heavy (non-hydrogen) atoms. The minimum Gasteiger partial charge on any atom is -0.479 e. The highest BCUT2D eigenvalue weighted by Gasteiger charge is 2.28. The maximum Gasteiger partial charge on any atom is 0.295 e. The number of rotatable bonds is 6. The van der Waals surface area contributed by atoms with Crippen molar-refractivity contribution in [2.45, 2.75) is 26.9 Å².